The molecule has 1 aromatic carbocycles. The minimum Gasteiger partial charge on any atom is -0.483 e. The Bertz CT molecular complexity index is 465. The van der Waals surface area contributed by atoms with Crippen molar-refractivity contribution in [3.8, 4) is 5.75 Å². The van der Waals surface area contributed by atoms with Gasteiger partial charge in [-0.15, -0.1) is 0 Å². The molecule has 0 radical (unpaired) electrons. The predicted octanol–water partition coefficient (Wildman–Crippen LogP) is 2.44. The zero-order valence-corrected chi connectivity index (χ0v) is 12.3. The number of aliphatic hydroxyl groups excluding tert-OH is 1. The van der Waals surface area contributed by atoms with E-state index in [0.29, 0.717) is 5.75 Å². The molecular weight excluding hydrogens is 254 g/mol. The van der Waals surface area contributed by atoms with E-state index in [1.165, 1.54) is 6.42 Å². The van der Waals surface area contributed by atoms with E-state index in [1.807, 2.05) is 30.0 Å². The van der Waals surface area contributed by atoms with Crippen LogP contribution in [0.5, 0.6) is 5.75 Å². The average Bonchev–Trinajstić information content (AvgIpc) is 2.46. The van der Waals surface area contributed by atoms with Crippen LogP contribution in [0.15, 0.2) is 18.2 Å². The monoisotopic (exact) mass is 277 g/mol. The van der Waals surface area contributed by atoms with Gasteiger partial charge in [0.1, 0.15) is 5.75 Å². The summed E-state index contributed by atoms with van der Waals surface area (Å²) in [6, 6.07) is 5.64. The summed E-state index contributed by atoms with van der Waals surface area (Å²) >= 11 is 0. The standard InChI is InChI=1S/C16H23NO3/c1-12-6-7-15(14(10-12)13(2)18)20-11-16(19)17-8-4-3-5-9-17/h6-7,10,13,18H,3-5,8-9,11H2,1-2H3. The molecule has 1 atom stereocenters. The zero-order chi connectivity index (χ0) is 14.5. The molecule has 0 aliphatic carbocycles. The number of benzene rings is 1. The first-order chi connectivity index (χ1) is 9.58. The van der Waals surface area contributed by atoms with Crippen molar-refractivity contribution in [2.24, 2.45) is 0 Å². The van der Waals surface area contributed by atoms with Crippen molar-refractivity contribution < 1.29 is 14.6 Å². The van der Waals surface area contributed by atoms with E-state index in [9.17, 15) is 9.90 Å². The van der Waals surface area contributed by atoms with Gasteiger partial charge in [-0.2, -0.15) is 0 Å². The topological polar surface area (TPSA) is 49.8 Å². The molecule has 4 nitrogen and oxygen atoms in total. The van der Waals surface area contributed by atoms with Gasteiger partial charge in [0, 0.05) is 18.7 Å². The first-order valence-electron chi connectivity index (χ1n) is 7.27. The highest BCUT2D eigenvalue weighted by Gasteiger charge is 2.18. The summed E-state index contributed by atoms with van der Waals surface area (Å²) in [6.45, 7) is 5.38. The van der Waals surface area contributed by atoms with E-state index >= 15 is 0 Å². The number of amides is 1. The molecule has 1 amide bonds. The summed E-state index contributed by atoms with van der Waals surface area (Å²) in [6.07, 6.45) is 2.76. The summed E-state index contributed by atoms with van der Waals surface area (Å²) in [5.41, 5.74) is 1.80. The van der Waals surface area contributed by atoms with E-state index in [0.717, 1.165) is 37.1 Å². The Balaban J connectivity index is 1.98. The lowest BCUT2D eigenvalue weighted by atomic mass is 10.1. The molecule has 20 heavy (non-hydrogen) atoms. The van der Waals surface area contributed by atoms with E-state index in [2.05, 4.69) is 0 Å². The largest absolute Gasteiger partial charge is 0.483 e. The van der Waals surface area contributed by atoms with E-state index in [4.69, 9.17) is 4.74 Å². The molecule has 1 heterocycles. The third-order valence-corrected chi connectivity index (χ3v) is 3.68. The van der Waals surface area contributed by atoms with Gasteiger partial charge in [0.05, 0.1) is 6.10 Å². The van der Waals surface area contributed by atoms with Crippen molar-refractivity contribution >= 4 is 5.91 Å². The predicted molar refractivity (Wildman–Crippen MR) is 77.7 cm³/mol. The van der Waals surface area contributed by atoms with Crippen molar-refractivity contribution in [2.45, 2.75) is 39.2 Å². The first-order valence-corrected chi connectivity index (χ1v) is 7.27. The number of aryl methyl sites for hydroxylation is 1. The highest BCUT2D eigenvalue weighted by atomic mass is 16.5. The van der Waals surface area contributed by atoms with Gasteiger partial charge < -0.3 is 14.7 Å². The number of piperidine rings is 1. The number of hydrogen-bond donors (Lipinski definition) is 1. The smallest absolute Gasteiger partial charge is 0.260 e. The van der Waals surface area contributed by atoms with Gasteiger partial charge in [0.2, 0.25) is 0 Å². The van der Waals surface area contributed by atoms with Crippen LogP contribution in [0, 0.1) is 6.92 Å². The Morgan fingerprint density at radius 2 is 2.05 bits per heavy atom. The first kappa shape index (κ1) is 14.9. The van der Waals surface area contributed by atoms with Crippen molar-refractivity contribution in [3.63, 3.8) is 0 Å². The van der Waals surface area contributed by atoms with Gasteiger partial charge in [-0.05, 0) is 45.2 Å². The second-order valence-corrected chi connectivity index (χ2v) is 5.45. The normalized spacial score (nSPS) is 16.9. The number of carbonyl (C=O) groups is 1. The molecule has 0 saturated carbocycles. The minimum absolute atomic E-state index is 0.0295. The molecule has 1 N–H and O–H groups in total. The molecule has 1 fully saturated rings. The van der Waals surface area contributed by atoms with Gasteiger partial charge >= 0.3 is 0 Å². The lowest BCUT2D eigenvalue weighted by Gasteiger charge is -2.26. The lowest BCUT2D eigenvalue weighted by Crippen LogP contribution is -2.38. The number of nitrogens with zero attached hydrogens (tertiary/aromatic N) is 1. The van der Waals surface area contributed by atoms with Crippen LogP contribution in [-0.4, -0.2) is 35.6 Å². The summed E-state index contributed by atoms with van der Waals surface area (Å²) in [7, 11) is 0. The van der Waals surface area contributed by atoms with Gasteiger partial charge in [-0.25, -0.2) is 0 Å². The second kappa shape index (κ2) is 6.75. The fourth-order valence-corrected chi connectivity index (χ4v) is 2.50. The maximum Gasteiger partial charge on any atom is 0.260 e. The summed E-state index contributed by atoms with van der Waals surface area (Å²) in [5.74, 6) is 0.623. The van der Waals surface area contributed by atoms with Crippen LogP contribution in [0.1, 0.15) is 43.4 Å². The molecule has 4 heteroatoms. The maximum absolute atomic E-state index is 12.1. The van der Waals surface area contributed by atoms with E-state index in [1.54, 1.807) is 6.92 Å². The van der Waals surface area contributed by atoms with Crippen LogP contribution >= 0.6 is 0 Å². The molecule has 2 rings (SSSR count). The number of carbonyl (C=O) groups excluding carboxylic acids is 1. The Kier molecular flexibility index (Phi) is 5.01. The summed E-state index contributed by atoms with van der Waals surface area (Å²) in [5, 5.41) is 9.77. The van der Waals surface area contributed by atoms with Crippen LogP contribution in [-0.2, 0) is 4.79 Å². The lowest BCUT2D eigenvalue weighted by molar-refractivity contribution is -0.134. The Hall–Kier alpha value is -1.55. The number of likely N-dealkylation sites (tertiary alicyclic amines) is 1. The molecule has 1 aromatic rings. The molecule has 1 aliphatic heterocycles. The minimum atomic E-state index is -0.602. The fraction of sp³-hybridized carbons (Fsp3) is 0.562. The Labute approximate surface area is 120 Å². The van der Waals surface area contributed by atoms with Crippen molar-refractivity contribution in [3.05, 3.63) is 29.3 Å². The molecule has 110 valence electrons. The number of aliphatic hydroxyl groups is 1. The van der Waals surface area contributed by atoms with Crippen molar-refractivity contribution in [1.29, 1.82) is 0 Å². The van der Waals surface area contributed by atoms with Crippen LogP contribution < -0.4 is 4.74 Å². The highest BCUT2D eigenvalue weighted by molar-refractivity contribution is 5.77. The zero-order valence-electron chi connectivity index (χ0n) is 12.3. The van der Waals surface area contributed by atoms with Crippen LogP contribution in [0.25, 0.3) is 0 Å². The highest BCUT2D eigenvalue weighted by Crippen LogP contribution is 2.26. The number of rotatable bonds is 4. The van der Waals surface area contributed by atoms with E-state index in [-0.39, 0.29) is 12.5 Å². The van der Waals surface area contributed by atoms with E-state index < -0.39 is 6.10 Å². The van der Waals surface area contributed by atoms with Crippen LogP contribution in [0.4, 0.5) is 0 Å². The van der Waals surface area contributed by atoms with Crippen LogP contribution in [0.3, 0.4) is 0 Å². The second-order valence-electron chi connectivity index (χ2n) is 5.45. The summed E-state index contributed by atoms with van der Waals surface area (Å²) in [4.78, 5) is 13.9. The third kappa shape index (κ3) is 3.73. The third-order valence-electron chi connectivity index (χ3n) is 3.68. The van der Waals surface area contributed by atoms with Crippen molar-refractivity contribution in [1.82, 2.24) is 4.90 Å². The van der Waals surface area contributed by atoms with Gasteiger partial charge in [-0.1, -0.05) is 11.6 Å². The Morgan fingerprint density at radius 1 is 1.35 bits per heavy atom. The maximum atomic E-state index is 12.1. The molecule has 0 bridgehead atoms. The summed E-state index contributed by atoms with van der Waals surface area (Å²) < 4.78 is 5.62. The molecule has 1 saturated heterocycles. The number of hydrogen-bond acceptors (Lipinski definition) is 3. The van der Waals surface area contributed by atoms with Gasteiger partial charge in [-0.3, -0.25) is 4.79 Å². The quantitative estimate of drug-likeness (QED) is 0.919. The molecule has 0 spiro atoms. The molecule has 1 aliphatic rings. The molecule has 1 unspecified atom stereocenters. The van der Waals surface area contributed by atoms with Crippen molar-refractivity contribution in [2.75, 3.05) is 19.7 Å². The van der Waals surface area contributed by atoms with Gasteiger partial charge in [0.15, 0.2) is 6.61 Å². The number of ether oxygens (including phenoxy) is 1. The SMILES string of the molecule is Cc1ccc(OCC(=O)N2CCCCC2)c(C(C)O)c1. The average molecular weight is 277 g/mol. The van der Waals surface area contributed by atoms with Gasteiger partial charge in [0.25, 0.3) is 5.91 Å². The fourth-order valence-electron chi connectivity index (χ4n) is 2.50. The Morgan fingerprint density at radius 3 is 2.70 bits per heavy atom. The molecule has 0 aromatic heterocycles. The molecular formula is C16H23NO3. The van der Waals surface area contributed by atoms with Crippen LogP contribution in [0.2, 0.25) is 0 Å².